The number of aryl methyl sites for hydroxylation is 1. The van der Waals surface area contributed by atoms with E-state index in [1.54, 1.807) is 24.0 Å². The Morgan fingerprint density at radius 1 is 1.34 bits per heavy atom. The number of nitrogens with zero attached hydrogens (tertiary/aromatic N) is 2. The van der Waals surface area contributed by atoms with E-state index in [0.717, 1.165) is 5.69 Å². The fourth-order valence-electron chi connectivity index (χ4n) is 3.01. The average molecular weight is 420 g/mol. The van der Waals surface area contributed by atoms with E-state index in [4.69, 9.17) is 9.15 Å². The molecule has 1 fully saturated rings. The van der Waals surface area contributed by atoms with Gasteiger partial charge in [-0.15, -0.1) is 11.3 Å². The SMILES string of the molecule is CCOC(=O)N1CCC(NC(=O)CCc2csc(NC(=O)c3ccco3)n2)CC1. The second kappa shape index (κ2) is 10.1. The molecule has 3 rings (SSSR count). The zero-order valence-electron chi connectivity index (χ0n) is 16.2. The van der Waals surface area contributed by atoms with Gasteiger partial charge in [-0.1, -0.05) is 0 Å². The Bertz CT molecular complexity index is 828. The number of carbonyl (C=O) groups is 3. The molecule has 9 nitrogen and oxygen atoms in total. The predicted octanol–water partition coefficient (Wildman–Crippen LogP) is 2.66. The van der Waals surface area contributed by atoms with Crippen molar-refractivity contribution in [3.63, 3.8) is 0 Å². The maximum absolute atomic E-state index is 12.2. The van der Waals surface area contributed by atoms with E-state index in [9.17, 15) is 14.4 Å². The zero-order valence-corrected chi connectivity index (χ0v) is 17.0. The second-order valence-electron chi connectivity index (χ2n) is 6.60. The summed E-state index contributed by atoms with van der Waals surface area (Å²) in [7, 11) is 0. The van der Waals surface area contributed by atoms with Gasteiger partial charge in [0.1, 0.15) is 0 Å². The fourth-order valence-corrected chi connectivity index (χ4v) is 3.75. The van der Waals surface area contributed by atoms with E-state index in [0.29, 0.717) is 50.5 Å². The lowest BCUT2D eigenvalue weighted by Gasteiger charge is -2.31. The summed E-state index contributed by atoms with van der Waals surface area (Å²) in [5, 5.41) is 7.97. The van der Waals surface area contributed by atoms with E-state index in [-0.39, 0.29) is 29.7 Å². The lowest BCUT2D eigenvalue weighted by molar-refractivity contribution is -0.122. The molecule has 1 aliphatic rings. The van der Waals surface area contributed by atoms with E-state index < -0.39 is 0 Å². The van der Waals surface area contributed by atoms with Crippen LogP contribution in [0.3, 0.4) is 0 Å². The van der Waals surface area contributed by atoms with Gasteiger partial charge in [0.05, 0.1) is 18.6 Å². The normalized spacial score (nSPS) is 14.4. The van der Waals surface area contributed by atoms with Crippen LogP contribution in [0.1, 0.15) is 42.4 Å². The number of nitrogens with one attached hydrogen (secondary N) is 2. The minimum Gasteiger partial charge on any atom is -0.459 e. The van der Waals surface area contributed by atoms with Crippen LogP contribution < -0.4 is 10.6 Å². The Morgan fingerprint density at radius 3 is 2.83 bits per heavy atom. The van der Waals surface area contributed by atoms with Crippen molar-refractivity contribution in [2.75, 3.05) is 25.0 Å². The molecule has 29 heavy (non-hydrogen) atoms. The molecule has 0 saturated carbocycles. The molecule has 156 valence electrons. The molecular weight excluding hydrogens is 396 g/mol. The van der Waals surface area contributed by atoms with Gasteiger partial charge in [-0.2, -0.15) is 0 Å². The molecule has 0 radical (unpaired) electrons. The first-order valence-corrected chi connectivity index (χ1v) is 10.4. The van der Waals surface area contributed by atoms with Crippen LogP contribution in [0.4, 0.5) is 9.93 Å². The van der Waals surface area contributed by atoms with E-state index in [2.05, 4.69) is 15.6 Å². The van der Waals surface area contributed by atoms with Crippen molar-refractivity contribution in [1.82, 2.24) is 15.2 Å². The molecule has 2 aromatic rings. The van der Waals surface area contributed by atoms with E-state index in [1.807, 2.05) is 5.38 Å². The zero-order chi connectivity index (χ0) is 20.6. The largest absolute Gasteiger partial charge is 0.459 e. The molecule has 0 spiro atoms. The van der Waals surface area contributed by atoms with Crippen LogP contribution in [0.2, 0.25) is 0 Å². The first-order valence-electron chi connectivity index (χ1n) is 9.55. The number of likely N-dealkylation sites (tertiary alicyclic amines) is 1. The minimum absolute atomic E-state index is 0.0474. The number of thiazole rings is 1. The van der Waals surface area contributed by atoms with Crippen molar-refractivity contribution < 1.29 is 23.5 Å². The van der Waals surface area contributed by atoms with Gasteiger partial charge < -0.3 is 19.4 Å². The molecule has 0 aliphatic carbocycles. The Kier molecular flexibility index (Phi) is 7.23. The smallest absolute Gasteiger partial charge is 0.409 e. The maximum Gasteiger partial charge on any atom is 0.409 e. The molecule has 2 N–H and O–H groups in total. The Labute approximate surface area is 172 Å². The van der Waals surface area contributed by atoms with Gasteiger partial charge in [0.15, 0.2) is 10.9 Å². The molecule has 0 bridgehead atoms. The summed E-state index contributed by atoms with van der Waals surface area (Å²) in [5.74, 6) is -0.188. The monoisotopic (exact) mass is 420 g/mol. The molecule has 0 atom stereocenters. The van der Waals surface area contributed by atoms with E-state index >= 15 is 0 Å². The number of furan rings is 1. The van der Waals surface area contributed by atoms with Gasteiger partial charge in [0, 0.05) is 30.9 Å². The Hall–Kier alpha value is -2.88. The number of carbonyl (C=O) groups excluding carboxylic acids is 3. The molecule has 1 aliphatic heterocycles. The Morgan fingerprint density at radius 2 is 2.14 bits per heavy atom. The quantitative estimate of drug-likeness (QED) is 0.712. The summed E-state index contributed by atoms with van der Waals surface area (Å²) >= 11 is 1.30. The van der Waals surface area contributed by atoms with Crippen LogP contribution in [0.25, 0.3) is 0 Å². The number of rotatable bonds is 7. The van der Waals surface area contributed by atoms with Gasteiger partial charge in [0.2, 0.25) is 5.91 Å². The summed E-state index contributed by atoms with van der Waals surface area (Å²) in [5.41, 5.74) is 0.747. The highest BCUT2D eigenvalue weighted by atomic mass is 32.1. The average Bonchev–Trinajstić information content (AvgIpc) is 3.39. The summed E-state index contributed by atoms with van der Waals surface area (Å²) in [4.78, 5) is 41.9. The van der Waals surface area contributed by atoms with Crippen LogP contribution in [-0.4, -0.2) is 53.5 Å². The standard InChI is InChI=1S/C19H24N4O5S/c1-2-27-19(26)23-9-7-13(8-10-23)20-16(24)6-5-14-12-29-18(21-14)22-17(25)15-4-3-11-28-15/h3-4,11-13H,2,5-10H2,1H3,(H,20,24)(H,21,22,25). The number of hydrogen-bond acceptors (Lipinski definition) is 7. The molecule has 10 heteroatoms. The molecule has 3 amide bonds. The highest BCUT2D eigenvalue weighted by Gasteiger charge is 2.24. The van der Waals surface area contributed by atoms with Crippen LogP contribution in [0.15, 0.2) is 28.2 Å². The Balaban J connectivity index is 1.37. The second-order valence-corrected chi connectivity index (χ2v) is 7.46. The third-order valence-electron chi connectivity index (χ3n) is 4.51. The van der Waals surface area contributed by atoms with Crippen molar-refractivity contribution in [3.8, 4) is 0 Å². The first-order chi connectivity index (χ1) is 14.0. The summed E-state index contributed by atoms with van der Waals surface area (Å²) in [6.45, 7) is 3.30. The molecular formula is C19H24N4O5S. The van der Waals surface area contributed by atoms with E-state index in [1.165, 1.54) is 17.6 Å². The molecule has 2 aromatic heterocycles. The minimum atomic E-state index is -0.359. The van der Waals surface area contributed by atoms with Crippen LogP contribution in [0.5, 0.6) is 0 Å². The number of anilines is 1. The predicted molar refractivity (Wildman–Crippen MR) is 107 cm³/mol. The van der Waals surface area contributed by atoms with Crippen LogP contribution in [-0.2, 0) is 16.0 Å². The summed E-state index contributed by atoms with van der Waals surface area (Å²) < 4.78 is 10.0. The van der Waals surface area contributed by atoms with Crippen molar-refractivity contribution >= 4 is 34.4 Å². The van der Waals surface area contributed by atoms with Crippen molar-refractivity contribution in [2.24, 2.45) is 0 Å². The third kappa shape index (κ3) is 6.05. The maximum atomic E-state index is 12.2. The first kappa shape index (κ1) is 20.8. The van der Waals surface area contributed by atoms with Crippen LogP contribution >= 0.6 is 11.3 Å². The van der Waals surface area contributed by atoms with Crippen molar-refractivity contribution in [3.05, 3.63) is 35.2 Å². The molecule has 3 heterocycles. The van der Waals surface area contributed by atoms with Gasteiger partial charge >= 0.3 is 6.09 Å². The van der Waals surface area contributed by atoms with Crippen molar-refractivity contribution in [2.45, 2.75) is 38.6 Å². The van der Waals surface area contributed by atoms with Gasteiger partial charge in [-0.25, -0.2) is 9.78 Å². The van der Waals surface area contributed by atoms with Gasteiger partial charge in [-0.05, 0) is 38.3 Å². The lowest BCUT2D eigenvalue weighted by atomic mass is 10.1. The number of ether oxygens (including phenoxy) is 1. The summed E-state index contributed by atoms with van der Waals surface area (Å²) in [6, 6.07) is 3.28. The third-order valence-corrected chi connectivity index (χ3v) is 5.32. The molecule has 1 saturated heterocycles. The van der Waals surface area contributed by atoms with Crippen molar-refractivity contribution in [1.29, 1.82) is 0 Å². The lowest BCUT2D eigenvalue weighted by Crippen LogP contribution is -2.46. The highest BCUT2D eigenvalue weighted by molar-refractivity contribution is 7.13. The van der Waals surface area contributed by atoms with Gasteiger partial charge in [-0.3, -0.25) is 14.9 Å². The fraction of sp³-hybridized carbons (Fsp3) is 0.474. The number of piperidine rings is 1. The number of hydrogen-bond donors (Lipinski definition) is 2. The highest BCUT2D eigenvalue weighted by Crippen LogP contribution is 2.18. The number of aromatic nitrogens is 1. The van der Waals surface area contributed by atoms with Gasteiger partial charge in [0.25, 0.3) is 5.91 Å². The topological polar surface area (TPSA) is 114 Å². The molecule has 0 unspecified atom stereocenters. The summed E-state index contributed by atoms with van der Waals surface area (Å²) in [6.07, 6.45) is 3.36. The number of amides is 3. The molecule has 0 aromatic carbocycles. The van der Waals surface area contributed by atoms with Crippen LogP contribution in [0, 0.1) is 0 Å².